The first-order chi connectivity index (χ1) is 10.2. The van der Waals surface area contributed by atoms with Gasteiger partial charge in [0.1, 0.15) is 11.6 Å². The van der Waals surface area contributed by atoms with Gasteiger partial charge in [-0.25, -0.2) is 8.78 Å². The van der Waals surface area contributed by atoms with E-state index < -0.39 is 0 Å². The Balaban J connectivity index is 1.90. The lowest BCUT2D eigenvalue weighted by atomic mass is 10.0. The van der Waals surface area contributed by atoms with Crippen molar-refractivity contribution in [2.75, 3.05) is 7.05 Å². The van der Waals surface area contributed by atoms with Crippen LogP contribution < -0.4 is 5.32 Å². The fraction of sp³-hybridized carbons (Fsp3) is 0.176. The normalized spacial score (nSPS) is 12.7. The monoisotopic (exact) mass is 303 g/mol. The van der Waals surface area contributed by atoms with E-state index in [1.54, 1.807) is 35.6 Å². The second kappa shape index (κ2) is 5.92. The van der Waals surface area contributed by atoms with Crippen LogP contribution in [0, 0.1) is 11.6 Å². The van der Waals surface area contributed by atoms with Crippen molar-refractivity contribution in [2.45, 2.75) is 12.5 Å². The van der Waals surface area contributed by atoms with Gasteiger partial charge in [0, 0.05) is 15.6 Å². The van der Waals surface area contributed by atoms with Crippen molar-refractivity contribution in [1.82, 2.24) is 5.32 Å². The summed E-state index contributed by atoms with van der Waals surface area (Å²) in [6.07, 6.45) is 0.698. The Kier molecular flexibility index (Phi) is 3.99. The van der Waals surface area contributed by atoms with E-state index in [-0.39, 0.29) is 17.7 Å². The molecular formula is C17H15F2NS. The average molecular weight is 303 g/mol. The fourth-order valence-electron chi connectivity index (χ4n) is 2.45. The van der Waals surface area contributed by atoms with E-state index in [0.717, 1.165) is 20.5 Å². The fourth-order valence-corrected chi connectivity index (χ4v) is 3.61. The van der Waals surface area contributed by atoms with Gasteiger partial charge in [-0.3, -0.25) is 0 Å². The topological polar surface area (TPSA) is 12.0 Å². The summed E-state index contributed by atoms with van der Waals surface area (Å²) in [6, 6.07) is 13.5. The molecule has 1 unspecified atom stereocenters. The molecule has 0 aliphatic heterocycles. The van der Waals surface area contributed by atoms with E-state index in [9.17, 15) is 8.78 Å². The highest BCUT2D eigenvalue weighted by atomic mass is 32.1. The lowest BCUT2D eigenvalue weighted by Crippen LogP contribution is -2.17. The summed E-state index contributed by atoms with van der Waals surface area (Å²) in [5, 5.41) is 4.17. The zero-order chi connectivity index (χ0) is 14.8. The molecule has 0 amide bonds. The molecule has 3 aromatic rings. The van der Waals surface area contributed by atoms with Crippen molar-refractivity contribution in [1.29, 1.82) is 0 Å². The first-order valence-corrected chi connectivity index (χ1v) is 7.58. The Morgan fingerprint density at radius 1 is 1.05 bits per heavy atom. The number of halogens is 2. The Bertz CT molecular complexity index is 766. The van der Waals surface area contributed by atoms with E-state index in [0.29, 0.717) is 6.42 Å². The molecule has 0 saturated heterocycles. The van der Waals surface area contributed by atoms with E-state index in [4.69, 9.17) is 0 Å². The Hall–Kier alpha value is -1.78. The molecule has 0 radical (unpaired) electrons. The van der Waals surface area contributed by atoms with Crippen molar-refractivity contribution in [2.24, 2.45) is 0 Å². The Morgan fingerprint density at radius 2 is 1.86 bits per heavy atom. The van der Waals surface area contributed by atoms with Crippen LogP contribution in [0.15, 0.2) is 48.5 Å². The zero-order valence-corrected chi connectivity index (χ0v) is 12.4. The predicted octanol–water partition coefficient (Wildman–Crippen LogP) is 4.68. The number of thiophene rings is 1. The molecule has 108 valence electrons. The first kappa shape index (κ1) is 14.2. The van der Waals surface area contributed by atoms with Gasteiger partial charge in [-0.2, -0.15) is 0 Å². The minimum atomic E-state index is -0.224. The van der Waals surface area contributed by atoms with Gasteiger partial charge in [-0.1, -0.05) is 12.1 Å². The second-order valence-corrected chi connectivity index (χ2v) is 6.12. The molecule has 2 aromatic carbocycles. The van der Waals surface area contributed by atoms with E-state index in [1.165, 1.54) is 12.1 Å². The molecular weight excluding hydrogens is 288 g/mol. The molecule has 1 atom stereocenters. The van der Waals surface area contributed by atoms with Crippen LogP contribution in [0.25, 0.3) is 10.1 Å². The molecule has 1 aromatic heterocycles. The number of fused-ring (bicyclic) bond motifs is 1. The Labute approximate surface area is 126 Å². The SMILES string of the molecule is CNC(Cc1cccc(F)c1)c1cc2cc(F)ccc2s1. The molecule has 0 bridgehead atoms. The number of hydrogen-bond acceptors (Lipinski definition) is 2. The standard InChI is InChI=1S/C17H15F2NS/c1-20-15(8-11-3-2-4-13(18)7-11)17-10-12-9-14(19)5-6-16(12)21-17/h2-7,9-10,15,20H,8H2,1H3. The van der Waals surface area contributed by atoms with Gasteiger partial charge < -0.3 is 5.32 Å². The average Bonchev–Trinajstić information content (AvgIpc) is 2.87. The van der Waals surface area contributed by atoms with Gasteiger partial charge in [0.05, 0.1) is 0 Å². The maximum atomic E-state index is 13.3. The van der Waals surface area contributed by atoms with E-state index in [1.807, 2.05) is 19.2 Å². The molecule has 0 aliphatic carbocycles. The van der Waals surface area contributed by atoms with Crippen molar-refractivity contribution in [3.63, 3.8) is 0 Å². The molecule has 21 heavy (non-hydrogen) atoms. The van der Waals surface area contributed by atoms with Crippen molar-refractivity contribution >= 4 is 21.4 Å². The number of nitrogens with one attached hydrogen (secondary N) is 1. The molecule has 0 aliphatic rings. The van der Waals surface area contributed by atoms with Crippen molar-refractivity contribution in [3.05, 3.63) is 70.6 Å². The molecule has 1 nitrogen and oxygen atoms in total. The summed E-state index contributed by atoms with van der Waals surface area (Å²) in [5.41, 5.74) is 0.943. The maximum absolute atomic E-state index is 13.3. The highest BCUT2D eigenvalue weighted by Gasteiger charge is 2.14. The van der Waals surface area contributed by atoms with Crippen LogP contribution >= 0.6 is 11.3 Å². The Morgan fingerprint density at radius 3 is 2.62 bits per heavy atom. The van der Waals surface area contributed by atoms with Crippen LogP contribution in [-0.4, -0.2) is 7.05 Å². The lowest BCUT2D eigenvalue weighted by molar-refractivity contribution is 0.592. The van der Waals surface area contributed by atoms with Gasteiger partial charge in [0.2, 0.25) is 0 Å². The zero-order valence-electron chi connectivity index (χ0n) is 11.6. The minimum Gasteiger partial charge on any atom is -0.312 e. The predicted molar refractivity (Wildman–Crippen MR) is 83.7 cm³/mol. The summed E-state index contributed by atoms with van der Waals surface area (Å²) < 4.78 is 27.6. The first-order valence-electron chi connectivity index (χ1n) is 6.76. The van der Waals surface area contributed by atoms with Crippen molar-refractivity contribution < 1.29 is 8.78 Å². The second-order valence-electron chi connectivity index (χ2n) is 5.01. The highest BCUT2D eigenvalue weighted by Crippen LogP contribution is 2.31. The van der Waals surface area contributed by atoms with Gasteiger partial charge >= 0.3 is 0 Å². The van der Waals surface area contributed by atoms with Crippen LogP contribution in [0.3, 0.4) is 0 Å². The summed E-state index contributed by atoms with van der Waals surface area (Å²) in [4.78, 5) is 1.13. The molecule has 0 saturated carbocycles. The van der Waals surface area contributed by atoms with Crippen LogP contribution in [0.2, 0.25) is 0 Å². The van der Waals surface area contributed by atoms with Gasteiger partial charge in [-0.05, 0) is 60.8 Å². The van der Waals surface area contributed by atoms with E-state index in [2.05, 4.69) is 5.32 Å². The number of rotatable bonds is 4. The molecule has 0 fully saturated rings. The maximum Gasteiger partial charge on any atom is 0.123 e. The summed E-state index contributed by atoms with van der Waals surface area (Å²) >= 11 is 1.64. The highest BCUT2D eigenvalue weighted by molar-refractivity contribution is 7.19. The summed E-state index contributed by atoms with van der Waals surface area (Å²) in [7, 11) is 1.88. The van der Waals surface area contributed by atoms with Gasteiger partial charge in [0.25, 0.3) is 0 Å². The molecule has 3 rings (SSSR count). The van der Waals surface area contributed by atoms with Crippen LogP contribution in [0.5, 0.6) is 0 Å². The summed E-state index contributed by atoms with van der Waals surface area (Å²) in [5.74, 6) is -0.446. The minimum absolute atomic E-state index is 0.0901. The number of benzene rings is 2. The van der Waals surface area contributed by atoms with Crippen molar-refractivity contribution in [3.8, 4) is 0 Å². The molecule has 1 heterocycles. The van der Waals surface area contributed by atoms with Crippen LogP contribution in [-0.2, 0) is 6.42 Å². The third-order valence-electron chi connectivity index (χ3n) is 3.52. The molecule has 0 spiro atoms. The quantitative estimate of drug-likeness (QED) is 0.738. The molecule has 1 N–H and O–H groups in total. The lowest BCUT2D eigenvalue weighted by Gasteiger charge is -2.14. The summed E-state index contributed by atoms with van der Waals surface area (Å²) in [6.45, 7) is 0. The number of hydrogen-bond donors (Lipinski definition) is 1. The van der Waals surface area contributed by atoms with Gasteiger partial charge in [0.15, 0.2) is 0 Å². The molecule has 4 heteroatoms. The largest absolute Gasteiger partial charge is 0.312 e. The third-order valence-corrected chi connectivity index (χ3v) is 4.75. The van der Waals surface area contributed by atoms with Crippen LogP contribution in [0.4, 0.5) is 8.78 Å². The van der Waals surface area contributed by atoms with Crippen LogP contribution in [0.1, 0.15) is 16.5 Å². The number of likely N-dealkylation sites (N-methyl/N-ethyl adjacent to an activating group) is 1. The third kappa shape index (κ3) is 3.12. The smallest absolute Gasteiger partial charge is 0.123 e. The van der Waals surface area contributed by atoms with Gasteiger partial charge in [-0.15, -0.1) is 11.3 Å². The van der Waals surface area contributed by atoms with E-state index >= 15 is 0 Å².